The number of carbonyl (C=O) groups is 1. The number of aromatic nitrogens is 3. The van der Waals surface area contributed by atoms with Crippen molar-refractivity contribution in [2.45, 2.75) is 18.8 Å². The van der Waals surface area contributed by atoms with Gasteiger partial charge < -0.3 is 15.5 Å². The fraction of sp³-hybridized carbons (Fsp3) is 0.273. The molecule has 0 unspecified atom stereocenters. The molecule has 1 saturated carbocycles. The number of hydrogen-bond acceptors (Lipinski definition) is 6. The monoisotopic (exact) mass is 386 g/mol. The number of nitrogens with zero attached hydrogens (tertiary/aromatic N) is 4. The highest BCUT2D eigenvalue weighted by atomic mass is 16.2. The molecule has 1 saturated heterocycles. The van der Waals surface area contributed by atoms with Crippen molar-refractivity contribution in [2.24, 2.45) is 0 Å². The molecule has 3 aromatic heterocycles. The third kappa shape index (κ3) is 4.03. The van der Waals surface area contributed by atoms with Crippen molar-refractivity contribution in [3.63, 3.8) is 0 Å². The Morgan fingerprint density at radius 3 is 2.72 bits per heavy atom. The van der Waals surface area contributed by atoms with Crippen LogP contribution in [0.2, 0.25) is 0 Å². The first-order valence-electron chi connectivity index (χ1n) is 9.93. The molecule has 29 heavy (non-hydrogen) atoms. The number of pyridine rings is 3. The molecule has 4 heterocycles. The van der Waals surface area contributed by atoms with Crippen LogP contribution in [-0.2, 0) is 4.79 Å². The normalized spacial score (nSPS) is 16.4. The maximum Gasteiger partial charge on any atom is 0.239 e. The molecule has 0 radical (unpaired) electrons. The van der Waals surface area contributed by atoms with Crippen LogP contribution in [0.5, 0.6) is 0 Å². The quantitative estimate of drug-likeness (QED) is 0.701. The summed E-state index contributed by atoms with van der Waals surface area (Å²) in [7, 11) is 0. The molecule has 2 N–H and O–H groups in total. The minimum Gasteiger partial charge on any atom is -0.353 e. The molecule has 0 bridgehead atoms. The molecule has 146 valence electrons. The maximum atomic E-state index is 11.6. The third-order valence-corrected chi connectivity index (χ3v) is 5.22. The van der Waals surface area contributed by atoms with Crippen LogP contribution in [0.25, 0.3) is 11.3 Å². The number of nitrogens with one attached hydrogen (secondary N) is 2. The van der Waals surface area contributed by atoms with Crippen LogP contribution in [0.15, 0.2) is 54.9 Å². The van der Waals surface area contributed by atoms with E-state index in [1.807, 2.05) is 41.4 Å². The van der Waals surface area contributed by atoms with E-state index in [1.54, 1.807) is 6.20 Å². The number of hydrogen-bond donors (Lipinski definition) is 2. The smallest absolute Gasteiger partial charge is 0.239 e. The van der Waals surface area contributed by atoms with Gasteiger partial charge in [-0.3, -0.25) is 4.79 Å². The molecule has 2 fully saturated rings. The summed E-state index contributed by atoms with van der Waals surface area (Å²) < 4.78 is 0. The number of piperazine rings is 1. The lowest BCUT2D eigenvalue weighted by Crippen LogP contribution is -2.48. The van der Waals surface area contributed by atoms with Gasteiger partial charge in [-0.05, 0) is 60.7 Å². The summed E-state index contributed by atoms with van der Waals surface area (Å²) in [5.41, 5.74) is 3.15. The summed E-state index contributed by atoms with van der Waals surface area (Å²) in [4.78, 5) is 27.3. The molecule has 3 aromatic rings. The molecule has 2 aliphatic rings. The second-order valence-corrected chi connectivity index (χ2v) is 7.46. The summed E-state index contributed by atoms with van der Waals surface area (Å²) in [5.74, 6) is 3.02. The van der Waals surface area contributed by atoms with E-state index in [4.69, 9.17) is 4.98 Å². The van der Waals surface area contributed by atoms with Gasteiger partial charge in [0.2, 0.25) is 5.91 Å². The van der Waals surface area contributed by atoms with Gasteiger partial charge in [0.15, 0.2) is 0 Å². The van der Waals surface area contributed by atoms with Crippen LogP contribution in [0.1, 0.15) is 24.3 Å². The summed E-state index contributed by atoms with van der Waals surface area (Å²) in [6.07, 6.45) is 6.05. The van der Waals surface area contributed by atoms with Gasteiger partial charge in [0.1, 0.15) is 17.5 Å². The van der Waals surface area contributed by atoms with Crippen molar-refractivity contribution in [1.29, 1.82) is 0 Å². The van der Waals surface area contributed by atoms with E-state index in [0.717, 1.165) is 35.3 Å². The second kappa shape index (κ2) is 7.50. The Kier molecular flexibility index (Phi) is 4.56. The number of rotatable bonds is 5. The topological polar surface area (TPSA) is 83.0 Å². The molecule has 7 heteroatoms. The van der Waals surface area contributed by atoms with E-state index in [2.05, 4.69) is 32.7 Å². The van der Waals surface area contributed by atoms with Gasteiger partial charge in [0.25, 0.3) is 0 Å². The first kappa shape index (κ1) is 17.6. The van der Waals surface area contributed by atoms with Crippen molar-refractivity contribution < 1.29 is 4.79 Å². The molecule has 0 atom stereocenters. The standard InChI is InChI=1S/C22H22N6O/c29-22-14-28(10-9-24-22)21-7-6-16(13-25-21)18-11-17(15-4-5-15)12-20(26-18)27-19-3-1-2-8-23-19/h1-3,6-8,11-13,15H,4-5,9-10,14H2,(H,24,29)(H,23,26,27). The van der Waals surface area contributed by atoms with Crippen molar-refractivity contribution in [1.82, 2.24) is 20.3 Å². The number of amides is 1. The van der Waals surface area contributed by atoms with Gasteiger partial charge in [-0.2, -0.15) is 0 Å². The van der Waals surface area contributed by atoms with Crippen LogP contribution >= 0.6 is 0 Å². The molecule has 1 amide bonds. The maximum absolute atomic E-state index is 11.6. The summed E-state index contributed by atoms with van der Waals surface area (Å²) in [6.45, 7) is 1.77. The third-order valence-electron chi connectivity index (χ3n) is 5.22. The fourth-order valence-electron chi connectivity index (χ4n) is 3.54. The first-order chi connectivity index (χ1) is 14.2. The molecule has 5 rings (SSSR count). The molecular weight excluding hydrogens is 364 g/mol. The van der Waals surface area contributed by atoms with Crippen molar-refractivity contribution in [3.8, 4) is 11.3 Å². The first-order valence-corrected chi connectivity index (χ1v) is 9.93. The van der Waals surface area contributed by atoms with Gasteiger partial charge in [0.05, 0.1) is 12.2 Å². The van der Waals surface area contributed by atoms with Crippen molar-refractivity contribution >= 4 is 23.4 Å². The Bertz CT molecular complexity index is 1020. The minimum atomic E-state index is 0.0335. The molecule has 0 spiro atoms. The van der Waals surface area contributed by atoms with Gasteiger partial charge >= 0.3 is 0 Å². The summed E-state index contributed by atoms with van der Waals surface area (Å²) in [6, 6.07) is 14.0. The summed E-state index contributed by atoms with van der Waals surface area (Å²) >= 11 is 0. The van der Waals surface area contributed by atoms with Crippen LogP contribution in [0, 0.1) is 0 Å². The van der Waals surface area contributed by atoms with Gasteiger partial charge in [-0.1, -0.05) is 6.07 Å². The average molecular weight is 386 g/mol. The van der Waals surface area contributed by atoms with Gasteiger partial charge in [-0.25, -0.2) is 15.0 Å². The Labute approximate surface area is 169 Å². The highest BCUT2D eigenvalue weighted by Gasteiger charge is 2.25. The number of anilines is 3. The van der Waals surface area contributed by atoms with E-state index < -0.39 is 0 Å². The molecular formula is C22H22N6O. The van der Waals surface area contributed by atoms with E-state index in [1.165, 1.54) is 18.4 Å². The largest absolute Gasteiger partial charge is 0.353 e. The van der Waals surface area contributed by atoms with Gasteiger partial charge in [0, 0.05) is 31.0 Å². The van der Waals surface area contributed by atoms with Crippen molar-refractivity contribution in [2.75, 3.05) is 29.9 Å². The van der Waals surface area contributed by atoms with Crippen LogP contribution < -0.4 is 15.5 Å². The lowest BCUT2D eigenvalue weighted by molar-refractivity contribution is -0.120. The van der Waals surface area contributed by atoms with Gasteiger partial charge in [-0.15, -0.1) is 0 Å². The molecule has 1 aliphatic heterocycles. The fourth-order valence-corrected chi connectivity index (χ4v) is 3.54. The zero-order chi connectivity index (χ0) is 19.6. The van der Waals surface area contributed by atoms with Crippen LogP contribution in [0.4, 0.5) is 17.5 Å². The highest BCUT2D eigenvalue weighted by Crippen LogP contribution is 2.42. The van der Waals surface area contributed by atoms with Crippen LogP contribution in [-0.4, -0.2) is 40.5 Å². The summed E-state index contributed by atoms with van der Waals surface area (Å²) in [5, 5.41) is 6.15. The Morgan fingerprint density at radius 1 is 1.07 bits per heavy atom. The Balaban J connectivity index is 1.43. The zero-order valence-corrected chi connectivity index (χ0v) is 16.0. The van der Waals surface area contributed by atoms with E-state index in [9.17, 15) is 4.79 Å². The zero-order valence-electron chi connectivity index (χ0n) is 16.0. The average Bonchev–Trinajstić information content (AvgIpc) is 3.60. The van der Waals surface area contributed by atoms with E-state index in [-0.39, 0.29) is 5.91 Å². The van der Waals surface area contributed by atoms with E-state index >= 15 is 0 Å². The minimum absolute atomic E-state index is 0.0335. The predicted molar refractivity (Wildman–Crippen MR) is 112 cm³/mol. The predicted octanol–water partition coefficient (Wildman–Crippen LogP) is 3.10. The SMILES string of the molecule is O=C1CN(c2ccc(-c3cc(C4CC4)cc(Nc4ccccn4)n3)cn2)CCN1. The highest BCUT2D eigenvalue weighted by molar-refractivity contribution is 5.82. The van der Waals surface area contributed by atoms with E-state index in [0.29, 0.717) is 19.0 Å². The molecule has 1 aliphatic carbocycles. The molecule has 7 nitrogen and oxygen atoms in total. The lowest BCUT2D eigenvalue weighted by Gasteiger charge is -2.27. The lowest BCUT2D eigenvalue weighted by atomic mass is 10.1. The Hall–Kier alpha value is -3.48. The number of carbonyl (C=O) groups excluding carboxylic acids is 1. The second-order valence-electron chi connectivity index (χ2n) is 7.46. The molecule has 0 aromatic carbocycles. The van der Waals surface area contributed by atoms with Crippen molar-refractivity contribution in [3.05, 3.63) is 60.4 Å². The Morgan fingerprint density at radius 2 is 2.00 bits per heavy atom. The van der Waals surface area contributed by atoms with Crippen LogP contribution in [0.3, 0.4) is 0 Å².